The molecule has 1 N–H and O–H groups in total. The average molecular weight is 351 g/mol. The second-order valence-corrected chi connectivity index (χ2v) is 8.38. The summed E-state index contributed by atoms with van der Waals surface area (Å²) in [7, 11) is 0. The van der Waals surface area contributed by atoms with Gasteiger partial charge in [-0.3, -0.25) is 0 Å². The van der Waals surface area contributed by atoms with Crippen molar-refractivity contribution in [3.63, 3.8) is 0 Å². The van der Waals surface area contributed by atoms with Gasteiger partial charge in [-0.1, -0.05) is 26.8 Å². The van der Waals surface area contributed by atoms with Crippen molar-refractivity contribution in [2.75, 3.05) is 0 Å². The molecule has 0 unspecified atom stereocenters. The predicted octanol–water partition coefficient (Wildman–Crippen LogP) is 5.07. The molecule has 2 aliphatic rings. The molecule has 4 atom stereocenters. The standard InChI is InChI=1S/C16H22Cl3NO/c1-15(2)12-5-4-10(6-7-20-14(18)19)8-16(12,3)9-11(21)13(15)17/h6-8,11-13,21H,4-5,9H2,1-3H3/b7-6+/t11-,12+,13-,16-/m0/s1. The molecule has 0 aromatic carbocycles. The van der Waals surface area contributed by atoms with Gasteiger partial charge in [0.25, 0.3) is 0 Å². The lowest BCUT2D eigenvalue weighted by Crippen LogP contribution is -2.54. The smallest absolute Gasteiger partial charge is 0.196 e. The topological polar surface area (TPSA) is 32.6 Å². The molecular formula is C16H22Cl3NO. The SMILES string of the molecule is CC1(C)[C@H]2CCC(/C=C/N=C(Cl)Cl)=C[C@@]2(C)C[C@H](O)[C@@H]1Cl. The van der Waals surface area contributed by atoms with Crippen LogP contribution in [0.15, 0.2) is 28.9 Å². The molecule has 2 aliphatic carbocycles. The maximum Gasteiger partial charge on any atom is 0.196 e. The van der Waals surface area contributed by atoms with Crippen molar-refractivity contribution >= 4 is 39.4 Å². The Hall–Kier alpha value is -0.0200. The summed E-state index contributed by atoms with van der Waals surface area (Å²) in [5.74, 6) is 0.466. The third-order valence-corrected chi connectivity index (χ3v) is 6.14. The molecule has 0 aliphatic heterocycles. The highest BCUT2D eigenvalue weighted by atomic mass is 35.5. The minimum atomic E-state index is -0.474. The van der Waals surface area contributed by atoms with E-state index >= 15 is 0 Å². The Kier molecular flexibility index (Phi) is 5.15. The fourth-order valence-corrected chi connectivity index (χ4v) is 4.58. The third-order valence-electron chi connectivity index (χ3n) is 5.09. The highest BCUT2D eigenvalue weighted by molar-refractivity contribution is 6.95. The van der Waals surface area contributed by atoms with Gasteiger partial charge in [-0.2, -0.15) is 0 Å². The maximum atomic E-state index is 10.3. The first-order chi connectivity index (χ1) is 9.67. The molecule has 0 radical (unpaired) electrons. The number of alkyl halides is 1. The Morgan fingerprint density at radius 3 is 2.67 bits per heavy atom. The van der Waals surface area contributed by atoms with Crippen LogP contribution in [0.4, 0.5) is 0 Å². The van der Waals surface area contributed by atoms with Crippen LogP contribution in [0.3, 0.4) is 0 Å². The first-order valence-electron chi connectivity index (χ1n) is 7.26. The summed E-state index contributed by atoms with van der Waals surface area (Å²) in [5.41, 5.74) is 1.08. The summed E-state index contributed by atoms with van der Waals surface area (Å²) in [5, 5.41) is 10.1. The van der Waals surface area contributed by atoms with Gasteiger partial charge < -0.3 is 5.11 Å². The number of aliphatic hydroxyl groups excluding tert-OH is 1. The zero-order valence-corrected chi connectivity index (χ0v) is 14.9. The van der Waals surface area contributed by atoms with Gasteiger partial charge in [0.15, 0.2) is 4.63 Å². The van der Waals surface area contributed by atoms with E-state index in [1.807, 2.05) is 6.08 Å². The second-order valence-electron chi connectivity index (χ2n) is 7.00. The summed E-state index contributed by atoms with van der Waals surface area (Å²) in [6, 6.07) is 0. The normalized spacial score (nSPS) is 38.8. The molecule has 0 spiro atoms. The van der Waals surface area contributed by atoms with Crippen LogP contribution in [-0.4, -0.2) is 21.2 Å². The molecule has 0 heterocycles. The number of fused-ring (bicyclic) bond motifs is 1. The van der Waals surface area contributed by atoms with Gasteiger partial charge in [-0.15, -0.1) is 11.6 Å². The van der Waals surface area contributed by atoms with Crippen LogP contribution >= 0.6 is 34.8 Å². The zero-order chi connectivity index (χ0) is 15.8. The molecule has 2 nitrogen and oxygen atoms in total. The van der Waals surface area contributed by atoms with Crippen molar-refractivity contribution in [1.82, 2.24) is 0 Å². The largest absolute Gasteiger partial charge is 0.392 e. The molecular weight excluding hydrogens is 329 g/mol. The van der Waals surface area contributed by atoms with Gasteiger partial charge in [0.1, 0.15) is 0 Å². The monoisotopic (exact) mass is 349 g/mol. The van der Waals surface area contributed by atoms with E-state index in [4.69, 9.17) is 34.8 Å². The summed E-state index contributed by atoms with van der Waals surface area (Å²) < 4.78 is 0.00551. The number of hydrogen-bond acceptors (Lipinski definition) is 2. The molecule has 2 rings (SSSR count). The number of hydrogen-bond donors (Lipinski definition) is 1. The van der Waals surface area contributed by atoms with Gasteiger partial charge in [0.05, 0.1) is 11.5 Å². The van der Waals surface area contributed by atoms with Crippen LogP contribution in [-0.2, 0) is 0 Å². The summed E-state index contributed by atoms with van der Waals surface area (Å²) in [6.45, 7) is 6.56. The summed E-state index contributed by atoms with van der Waals surface area (Å²) >= 11 is 17.5. The molecule has 118 valence electrons. The first kappa shape index (κ1) is 17.3. The second kappa shape index (κ2) is 6.23. The van der Waals surface area contributed by atoms with Crippen LogP contribution in [0.5, 0.6) is 0 Å². The molecule has 21 heavy (non-hydrogen) atoms. The van der Waals surface area contributed by atoms with Crippen molar-refractivity contribution in [3.05, 3.63) is 23.9 Å². The van der Waals surface area contributed by atoms with Gasteiger partial charge in [-0.05, 0) is 70.9 Å². The lowest BCUT2D eigenvalue weighted by Gasteiger charge is -2.55. The Morgan fingerprint density at radius 1 is 1.38 bits per heavy atom. The number of aliphatic hydroxyl groups is 1. The molecule has 0 aromatic rings. The first-order valence-corrected chi connectivity index (χ1v) is 8.45. The molecule has 0 amide bonds. The summed E-state index contributed by atoms with van der Waals surface area (Å²) in [6.07, 6.45) is 8.11. The van der Waals surface area contributed by atoms with Crippen molar-refractivity contribution in [1.29, 1.82) is 0 Å². The maximum absolute atomic E-state index is 10.3. The van der Waals surface area contributed by atoms with Gasteiger partial charge in [-0.25, -0.2) is 4.99 Å². The zero-order valence-electron chi connectivity index (χ0n) is 12.6. The Morgan fingerprint density at radius 2 is 2.05 bits per heavy atom. The molecule has 1 fully saturated rings. The van der Waals surface area contributed by atoms with Gasteiger partial charge >= 0.3 is 0 Å². The number of halogens is 3. The predicted molar refractivity (Wildman–Crippen MR) is 91.2 cm³/mol. The van der Waals surface area contributed by atoms with Crippen LogP contribution in [0, 0.1) is 16.7 Å². The van der Waals surface area contributed by atoms with Crippen LogP contribution in [0.2, 0.25) is 0 Å². The quantitative estimate of drug-likeness (QED) is 0.547. The molecule has 5 heteroatoms. The van der Waals surface area contributed by atoms with E-state index < -0.39 is 6.10 Å². The van der Waals surface area contributed by atoms with E-state index in [0.29, 0.717) is 12.3 Å². The molecule has 0 aromatic heterocycles. The van der Waals surface area contributed by atoms with Crippen molar-refractivity contribution in [2.45, 2.75) is 51.5 Å². The van der Waals surface area contributed by atoms with E-state index in [9.17, 15) is 5.11 Å². The minimum absolute atomic E-state index is 0.00551. The summed E-state index contributed by atoms with van der Waals surface area (Å²) in [4.78, 5) is 3.86. The minimum Gasteiger partial charge on any atom is -0.392 e. The lowest BCUT2D eigenvalue weighted by atomic mass is 9.52. The van der Waals surface area contributed by atoms with Crippen LogP contribution in [0.1, 0.15) is 40.0 Å². The van der Waals surface area contributed by atoms with E-state index in [1.165, 1.54) is 5.57 Å². The highest BCUT2D eigenvalue weighted by Crippen LogP contribution is 2.57. The number of aliphatic imine (C=N–C) groups is 1. The van der Waals surface area contributed by atoms with Crippen molar-refractivity contribution < 1.29 is 5.11 Å². The van der Waals surface area contributed by atoms with Crippen molar-refractivity contribution in [2.24, 2.45) is 21.7 Å². The third kappa shape index (κ3) is 3.50. The molecule has 1 saturated carbocycles. The Balaban J connectivity index is 2.28. The molecule has 0 saturated heterocycles. The number of allylic oxidation sites excluding steroid dienone is 3. The van der Waals surface area contributed by atoms with Gasteiger partial charge in [0, 0.05) is 6.20 Å². The highest BCUT2D eigenvalue weighted by Gasteiger charge is 2.54. The fraction of sp³-hybridized carbons (Fsp3) is 0.688. The van der Waals surface area contributed by atoms with E-state index in [2.05, 4.69) is 31.8 Å². The van der Waals surface area contributed by atoms with Crippen LogP contribution < -0.4 is 0 Å². The fourth-order valence-electron chi connectivity index (χ4n) is 4.22. The van der Waals surface area contributed by atoms with Crippen LogP contribution in [0.25, 0.3) is 0 Å². The molecule has 0 bridgehead atoms. The van der Waals surface area contributed by atoms with E-state index in [1.54, 1.807) is 6.20 Å². The van der Waals surface area contributed by atoms with Crippen molar-refractivity contribution in [3.8, 4) is 0 Å². The Bertz CT molecular complexity index is 494. The Labute approximate surface area is 141 Å². The van der Waals surface area contributed by atoms with Gasteiger partial charge in [0.2, 0.25) is 0 Å². The van der Waals surface area contributed by atoms with E-state index in [-0.39, 0.29) is 20.8 Å². The lowest BCUT2D eigenvalue weighted by molar-refractivity contribution is -0.0477. The average Bonchev–Trinajstić information content (AvgIpc) is 2.35. The van der Waals surface area contributed by atoms with E-state index in [0.717, 1.165) is 12.8 Å². The number of rotatable bonds is 2. The number of nitrogens with zero attached hydrogens (tertiary/aromatic N) is 1.